The number of nitrogen functional groups attached to an aromatic ring is 1. The Balaban J connectivity index is 2.14. The summed E-state index contributed by atoms with van der Waals surface area (Å²) in [5.41, 5.74) is 5.44. The fourth-order valence-corrected chi connectivity index (χ4v) is 1.42. The van der Waals surface area contributed by atoms with E-state index in [1.54, 1.807) is 0 Å². The molecule has 13 heavy (non-hydrogen) atoms. The van der Waals surface area contributed by atoms with Gasteiger partial charge in [0.05, 0.1) is 19.3 Å². The predicted molar refractivity (Wildman–Crippen MR) is 48.4 cm³/mol. The Bertz CT molecular complexity index is 286. The Hall–Kier alpha value is -1.30. The highest BCUT2D eigenvalue weighted by Crippen LogP contribution is 2.14. The molecule has 1 aromatic rings. The first-order valence-electron chi connectivity index (χ1n) is 4.29. The summed E-state index contributed by atoms with van der Waals surface area (Å²) >= 11 is 0. The van der Waals surface area contributed by atoms with Crippen molar-refractivity contribution in [3.63, 3.8) is 0 Å². The number of nitrogens with zero attached hydrogens (tertiary/aromatic N) is 3. The number of hydrogen-bond donors (Lipinski definition) is 2. The van der Waals surface area contributed by atoms with Crippen LogP contribution in [0.3, 0.4) is 0 Å². The number of ether oxygens (including phenoxy) is 1. The minimum atomic E-state index is 0.309. The van der Waals surface area contributed by atoms with Crippen molar-refractivity contribution in [2.45, 2.75) is 13.0 Å². The summed E-state index contributed by atoms with van der Waals surface area (Å²) in [6.45, 7) is 4.33. The van der Waals surface area contributed by atoms with Crippen LogP contribution in [0.15, 0.2) is 0 Å². The SMILES string of the molecule is CC1COCCN1c1n[nH]c(N)n1. The molecule has 6 nitrogen and oxygen atoms in total. The minimum absolute atomic E-state index is 0.309. The third-order valence-corrected chi connectivity index (χ3v) is 2.12. The van der Waals surface area contributed by atoms with Crippen molar-refractivity contribution in [1.82, 2.24) is 15.2 Å². The summed E-state index contributed by atoms with van der Waals surface area (Å²) in [5.74, 6) is 1.02. The first-order valence-corrected chi connectivity index (χ1v) is 4.29. The molecule has 6 heteroatoms. The molecule has 2 rings (SSSR count). The molecule has 0 aliphatic carbocycles. The third kappa shape index (κ3) is 1.57. The zero-order valence-corrected chi connectivity index (χ0v) is 7.53. The van der Waals surface area contributed by atoms with Gasteiger partial charge in [0.15, 0.2) is 0 Å². The molecule has 2 heterocycles. The molecule has 3 N–H and O–H groups in total. The molecule has 1 atom stereocenters. The van der Waals surface area contributed by atoms with Gasteiger partial charge in [-0.2, -0.15) is 4.98 Å². The lowest BCUT2D eigenvalue weighted by Gasteiger charge is -2.32. The molecule has 1 aliphatic rings. The number of aromatic nitrogens is 3. The second-order valence-corrected chi connectivity index (χ2v) is 3.14. The molecule has 0 aromatic carbocycles. The van der Waals surface area contributed by atoms with Gasteiger partial charge in [-0.3, -0.25) is 0 Å². The third-order valence-electron chi connectivity index (χ3n) is 2.12. The molecular formula is C7H13N5O. The zero-order chi connectivity index (χ0) is 9.26. The van der Waals surface area contributed by atoms with Gasteiger partial charge in [-0.25, -0.2) is 5.10 Å². The van der Waals surface area contributed by atoms with E-state index in [0.29, 0.717) is 24.5 Å². The Kier molecular flexibility index (Phi) is 2.05. The number of anilines is 2. The van der Waals surface area contributed by atoms with Crippen molar-refractivity contribution in [2.24, 2.45) is 0 Å². The average molecular weight is 183 g/mol. The lowest BCUT2D eigenvalue weighted by Crippen LogP contribution is -2.44. The fraction of sp³-hybridized carbons (Fsp3) is 0.714. The van der Waals surface area contributed by atoms with E-state index >= 15 is 0 Å². The van der Waals surface area contributed by atoms with Gasteiger partial charge in [0.1, 0.15) is 0 Å². The monoisotopic (exact) mass is 183 g/mol. The second kappa shape index (κ2) is 3.21. The van der Waals surface area contributed by atoms with Crippen LogP contribution >= 0.6 is 0 Å². The second-order valence-electron chi connectivity index (χ2n) is 3.14. The van der Waals surface area contributed by atoms with Crippen LogP contribution in [0.25, 0.3) is 0 Å². The van der Waals surface area contributed by atoms with Gasteiger partial charge in [-0.05, 0) is 6.92 Å². The van der Waals surface area contributed by atoms with Gasteiger partial charge in [0, 0.05) is 6.54 Å². The van der Waals surface area contributed by atoms with Crippen molar-refractivity contribution in [3.05, 3.63) is 0 Å². The van der Waals surface area contributed by atoms with E-state index in [1.165, 1.54) is 0 Å². The quantitative estimate of drug-likeness (QED) is 0.620. The molecule has 0 amide bonds. The lowest BCUT2D eigenvalue weighted by atomic mass is 10.3. The topological polar surface area (TPSA) is 80.1 Å². The zero-order valence-electron chi connectivity index (χ0n) is 7.53. The Morgan fingerprint density at radius 1 is 1.69 bits per heavy atom. The summed E-state index contributed by atoms with van der Waals surface area (Å²) in [4.78, 5) is 6.15. The van der Waals surface area contributed by atoms with E-state index in [1.807, 2.05) is 0 Å². The highest BCUT2D eigenvalue weighted by Gasteiger charge is 2.21. The highest BCUT2D eigenvalue weighted by atomic mass is 16.5. The van der Waals surface area contributed by atoms with Gasteiger partial charge >= 0.3 is 0 Å². The number of hydrogen-bond acceptors (Lipinski definition) is 5. The van der Waals surface area contributed by atoms with Gasteiger partial charge < -0.3 is 15.4 Å². The van der Waals surface area contributed by atoms with Crippen molar-refractivity contribution < 1.29 is 4.74 Å². The van der Waals surface area contributed by atoms with Gasteiger partial charge in [0.2, 0.25) is 11.9 Å². The van der Waals surface area contributed by atoms with E-state index in [-0.39, 0.29) is 0 Å². The normalized spacial score (nSPS) is 23.5. The molecule has 72 valence electrons. The molecule has 1 fully saturated rings. The first kappa shape index (κ1) is 8.31. The lowest BCUT2D eigenvalue weighted by molar-refractivity contribution is 0.0981. The largest absolute Gasteiger partial charge is 0.377 e. The number of rotatable bonds is 1. The van der Waals surface area contributed by atoms with Crippen LogP contribution in [0.1, 0.15) is 6.92 Å². The fourth-order valence-electron chi connectivity index (χ4n) is 1.42. The van der Waals surface area contributed by atoms with Crippen LogP contribution in [0.5, 0.6) is 0 Å². The van der Waals surface area contributed by atoms with Gasteiger partial charge in [-0.1, -0.05) is 0 Å². The molecule has 1 aromatic heterocycles. The molecule has 1 aliphatic heterocycles. The van der Waals surface area contributed by atoms with E-state index in [0.717, 1.165) is 13.2 Å². The summed E-state index contributed by atoms with van der Waals surface area (Å²) in [6.07, 6.45) is 0. The maximum absolute atomic E-state index is 5.44. The van der Waals surface area contributed by atoms with E-state index < -0.39 is 0 Å². The van der Waals surface area contributed by atoms with Crippen molar-refractivity contribution >= 4 is 11.9 Å². The maximum Gasteiger partial charge on any atom is 0.246 e. The maximum atomic E-state index is 5.44. The number of aromatic amines is 1. The van der Waals surface area contributed by atoms with Crippen molar-refractivity contribution in [3.8, 4) is 0 Å². The number of nitrogens with two attached hydrogens (primary N) is 1. The van der Waals surface area contributed by atoms with Crippen LogP contribution in [-0.4, -0.2) is 41.0 Å². The average Bonchev–Trinajstić information content (AvgIpc) is 2.53. The smallest absolute Gasteiger partial charge is 0.246 e. The Morgan fingerprint density at radius 3 is 3.15 bits per heavy atom. The molecule has 0 radical (unpaired) electrons. The van der Waals surface area contributed by atoms with Crippen LogP contribution in [-0.2, 0) is 4.74 Å². The molecule has 1 saturated heterocycles. The van der Waals surface area contributed by atoms with Crippen molar-refractivity contribution in [2.75, 3.05) is 30.4 Å². The summed E-state index contributed by atoms with van der Waals surface area (Å²) in [5, 5.41) is 6.62. The molecule has 0 bridgehead atoms. The highest BCUT2D eigenvalue weighted by molar-refractivity contribution is 5.35. The Labute approximate surface area is 76.1 Å². The number of morpholine rings is 1. The van der Waals surface area contributed by atoms with Crippen LogP contribution in [0, 0.1) is 0 Å². The van der Waals surface area contributed by atoms with E-state index in [9.17, 15) is 0 Å². The minimum Gasteiger partial charge on any atom is -0.377 e. The van der Waals surface area contributed by atoms with E-state index in [2.05, 4.69) is 27.0 Å². The first-order chi connectivity index (χ1) is 6.27. The van der Waals surface area contributed by atoms with Gasteiger partial charge in [0.25, 0.3) is 0 Å². The molecular weight excluding hydrogens is 170 g/mol. The van der Waals surface area contributed by atoms with Crippen molar-refractivity contribution in [1.29, 1.82) is 0 Å². The van der Waals surface area contributed by atoms with Crippen LogP contribution in [0.4, 0.5) is 11.9 Å². The molecule has 1 unspecified atom stereocenters. The van der Waals surface area contributed by atoms with Gasteiger partial charge in [-0.15, -0.1) is 5.10 Å². The predicted octanol–water partition coefficient (Wildman–Crippen LogP) is -0.388. The Morgan fingerprint density at radius 2 is 2.54 bits per heavy atom. The van der Waals surface area contributed by atoms with E-state index in [4.69, 9.17) is 10.5 Å². The summed E-state index contributed by atoms with van der Waals surface area (Å²) in [7, 11) is 0. The number of nitrogens with one attached hydrogen (secondary N) is 1. The standard InChI is InChI=1S/C7H13N5O/c1-5-4-13-3-2-12(5)7-9-6(8)10-11-7/h5H,2-4H2,1H3,(H3,8,9,10,11). The number of H-pyrrole nitrogens is 1. The molecule has 0 spiro atoms. The molecule has 0 saturated carbocycles. The van der Waals surface area contributed by atoms with Crippen LogP contribution < -0.4 is 10.6 Å². The summed E-state index contributed by atoms with van der Waals surface area (Å²) in [6, 6.07) is 0.309. The van der Waals surface area contributed by atoms with Crippen LogP contribution in [0.2, 0.25) is 0 Å². The summed E-state index contributed by atoms with van der Waals surface area (Å²) < 4.78 is 5.30.